The molecule has 3 nitrogen and oxygen atoms in total. The second-order valence-corrected chi connectivity index (χ2v) is 5.60. The molecule has 0 radical (unpaired) electrons. The molecule has 0 saturated carbocycles. The van der Waals surface area contributed by atoms with Crippen molar-refractivity contribution in [3.63, 3.8) is 0 Å². The van der Waals surface area contributed by atoms with Crippen molar-refractivity contribution in [2.45, 2.75) is 9.79 Å². The number of esters is 1. The van der Waals surface area contributed by atoms with E-state index in [2.05, 4.69) is 0 Å². The highest BCUT2D eigenvalue weighted by Gasteiger charge is 2.18. The summed E-state index contributed by atoms with van der Waals surface area (Å²) in [6.45, 7) is 0. The summed E-state index contributed by atoms with van der Waals surface area (Å²) in [5, 5.41) is 10.1. The van der Waals surface area contributed by atoms with Crippen LogP contribution in [0.3, 0.4) is 0 Å². The monoisotopic (exact) mass is 302 g/mol. The fraction of sp³-hybridized carbons (Fsp3) is 0.0625. The van der Waals surface area contributed by atoms with E-state index in [1.54, 1.807) is 30.3 Å². The van der Waals surface area contributed by atoms with E-state index in [0.717, 1.165) is 15.4 Å². The Morgan fingerprint density at radius 2 is 2.00 bits per heavy atom. The highest BCUT2D eigenvalue weighted by Crippen LogP contribution is 2.40. The van der Waals surface area contributed by atoms with Gasteiger partial charge in [-0.15, -0.1) is 0 Å². The van der Waals surface area contributed by atoms with E-state index in [-0.39, 0.29) is 5.76 Å². The maximum atomic E-state index is 13.3. The third-order valence-electron chi connectivity index (χ3n) is 3.16. The largest absolute Gasteiger partial charge is 0.507 e. The zero-order chi connectivity index (χ0) is 15.0. The minimum Gasteiger partial charge on any atom is -0.507 e. The molecule has 0 bridgehead atoms. The topological polar surface area (TPSA) is 46.5 Å². The number of methoxy groups -OCH3 is 1. The van der Waals surface area contributed by atoms with Gasteiger partial charge in [-0.2, -0.15) is 0 Å². The number of aliphatic hydroxyl groups excluding tert-OH is 1. The second kappa shape index (κ2) is 5.26. The first kappa shape index (κ1) is 13.7. The van der Waals surface area contributed by atoms with Crippen LogP contribution in [-0.4, -0.2) is 18.2 Å². The van der Waals surface area contributed by atoms with Gasteiger partial charge in [0.15, 0.2) is 0 Å². The lowest BCUT2D eigenvalue weighted by molar-refractivity contribution is 0.0600. The Kier molecular flexibility index (Phi) is 3.43. The van der Waals surface area contributed by atoms with Crippen molar-refractivity contribution in [3.05, 3.63) is 58.9 Å². The molecule has 0 spiro atoms. The number of ether oxygens (including phenoxy) is 1. The van der Waals surface area contributed by atoms with E-state index in [4.69, 9.17) is 4.74 Å². The summed E-state index contributed by atoms with van der Waals surface area (Å²) in [6, 6.07) is 9.31. The van der Waals surface area contributed by atoms with Gasteiger partial charge in [-0.1, -0.05) is 17.8 Å². The molecular formula is C16H11FO3S. The molecule has 0 aliphatic carbocycles. The molecule has 106 valence electrons. The van der Waals surface area contributed by atoms with Gasteiger partial charge in [-0.25, -0.2) is 9.18 Å². The number of aliphatic hydroxyl groups is 1. The standard InChI is InChI=1S/C16H11FO3S/c1-20-16(19)10-3-2-9-6-13(18)12-8-11(17)4-5-14(12)21-15(9)7-10/h2-8,18H,1H3. The number of carbonyl (C=O) groups excluding carboxylic acids is 1. The normalized spacial score (nSPS) is 12.8. The summed E-state index contributed by atoms with van der Waals surface area (Å²) in [5.41, 5.74) is 1.64. The van der Waals surface area contributed by atoms with Crippen molar-refractivity contribution in [2.24, 2.45) is 0 Å². The summed E-state index contributed by atoms with van der Waals surface area (Å²) < 4.78 is 18.0. The number of carbonyl (C=O) groups is 1. The minimum absolute atomic E-state index is 0.00145. The molecule has 5 heteroatoms. The van der Waals surface area contributed by atoms with Crippen molar-refractivity contribution < 1.29 is 19.0 Å². The minimum atomic E-state index is -0.421. The zero-order valence-corrected chi connectivity index (χ0v) is 11.9. The summed E-state index contributed by atoms with van der Waals surface area (Å²) >= 11 is 1.37. The number of fused-ring (bicyclic) bond motifs is 2. The Labute approximate surface area is 125 Å². The van der Waals surface area contributed by atoms with Crippen LogP contribution in [0.2, 0.25) is 0 Å². The average molecular weight is 302 g/mol. The Morgan fingerprint density at radius 1 is 1.19 bits per heavy atom. The van der Waals surface area contributed by atoms with Crippen LogP contribution in [0, 0.1) is 5.82 Å². The SMILES string of the molecule is COC(=O)c1ccc2c(c1)Sc1ccc(F)cc1C(O)=C2. The lowest BCUT2D eigenvalue weighted by atomic mass is 10.1. The first-order valence-electron chi connectivity index (χ1n) is 6.19. The number of rotatable bonds is 1. The maximum Gasteiger partial charge on any atom is 0.337 e. The van der Waals surface area contributed by atoms with E-state index < -0.39 is 11.8 Å². The van der Waals surface area contributed by atoms with Gasteiger partial charge in [0, 0.05) is 15.4 Å². The van der Waals surface area contributed by atoms with Gasteiger partial charge in [0.1, 0.15) is 11.6 Å². The van der Waals surface area contributed by atoms with Crippen LogP contribution in [0.5, 0.6) is 0 Å². The van der Waals surface area contributed by atoms with Gasteiger partial charge in [0.2, 0.25) is 0 Å². The van der Waals surface area contributed by atoms with Crippen LogP contribution in [0.4, 0.5) is 4.39 Å². The third kappa shape index (κ3) is 2.52. The molecule has 0 fully saturated rings. The Hall–Kier alpha value is -2.27. The molecule has 2 aromatic rings. The first-order chi connectivity index (χ1) is 10.1. The fourth-order valence-electron chi connectivity index (χ4n) is 2.12. The molecule has 0 atom stereocenters. The summed E-state index contributed by atoms with van der Waals surface area (Å²) in [5.74, 6) is -0.827. The lowest BCUT2D eigenvalue weighted by Gasteiger charge is -2.07. The van der Waals surface area contributed by atoms with Gasteiger partial charge in [0.05, 0.1) is 12.7 Å². The van der Waals surface area contributed by atoms with E-state index in [0.29, 0.717) is 11.1 Å². The van der Waals surface area contributed by atoms with Crippen LogP contribution >= 0.6 is 11.8 Å². The first-order valence-corrected chi connectivity index (χ1v) is 7.01. The molecule has 0 unspecified atom stereocenters. The fourth-order valence-corrected chi connectivity index (χ4v) is 3.20. The Bertz CT molecular complexity index is 768. The highest BCUT2D eigenvalue weighted by atomic mass is 32.2. The van der Waals surface area contributed by atoms with Gasteiger partial charge < -0.3 is 9.84 Å². The van der Waals surface area contributed by atoms with Gasteiger partial charge in [0.25, 0.3) is 0 Å². The predicted octanol–water partition coefficient (Wildman–Crippen LogP) is 4.13. The van der Waals surface area contributed by atoms with Crippen LogP contribution in [0.1, 0.15) is 21.5 Å². The molecule has 0 amide bonds. The number of hydrogen-bond donors (Lipinski definition) is 1. The van der Waals surface area contributed by atoms with E-state index in [9.17, 15) is 14.3 Å². The quantitative estimate of drug-likeness (QED) is 0.804. The molecular weight excluding hydrogens is 291 g/mol. The molecule has 1 heterocycles. The molecule has 3 rings (SSSR count). The molecule has 21 heavy (non-hydrogen) atoms. The van der Waals surface area contributed by atoms with Crippen LogP contribution in [0.15, 0.2) is 46.2 Å². The number of hydrogen-bond acceptors (Lipinski definition) is 4. The smallest absolute Gasteiger partial charge is 0.337 e. The van der Waals surface area contributed by atoms with Crippen molar-refractivity contribution in [3.8, 4) is 0 Å². The zero-order valence-electron chi connectivity index (χ0n) is 11.1. The lowest BCUT2D eigenvalue weighted by Crippen LogP contribution is -2.01. The highest BCUT2D eigenvalue weighted by molar-refractivity contribution is 7.99. The van der Waals surface area contributed by atoms with Crippen molar-refractivity contribution >= 4 is 29.6 Å². The molecule has 0 aromatic heterocycles. The second-order valence-electron chi connectivity index (χ2n) is 4.52. The molecule has 1 N–H and O–H groups in total. The van der Waals surface area contributed by atoms with Gasteiger partial charge in [-0.05, 0) is 42.0 Å². The Morgan fingerprint density at radius 3 is 2.76 bits per heavy atom. The molecule has 1 aliphatic rings. The van der Waals surface area contributed by atoms with Crippen LogP contribution < -0.4 is 0 Å². The number of halogens is 1. The van der Waals surface area contributed by atoms with Crippen LogP contribution in [0.25, 0.3) is 11.8 Å². The van der Waals surface area contributed by atoms with Gasteiger partial charge in [-0.3, -0.25) is 0 Å². The summed E-state index contributed by atoms with van der Waals surface area (Å²) in [7, 11) is 1.32. The average Bonchev–Trinajstić information content (AvgIpc) is 2.62. The van der Waals surface area contributed by atoms with E-state index in [1.807, 2.05) is 0 Å². The Balaban J connectivity index is 2.14. The van der Waals surface area contributed by atoms with Crippen molar-refractivity contribution in [1.29, 1.82) is 0 Å². The summed E-state index contributed by atoms with van der Waals surface area (Å²) in [6.07, 6.45) is 1.56. The van der Waals surface area contributed by atoms with Gasteiger partial charge >= 0.3 is 5.97 Å². The number of benzene rings is 2. The van der Waals surface area contributed by atoms with Crippen molar-refractivity contribution in [1.82, 2.24) is 0 Å². The van der Waals surface area contributed by atoms with E-state index >= 15 is 0 Å². The van der Waals surface area contributed by atoms with E-state index in [1.165, 1.54) is 31.0 Å². The van der Waals surface area contributed by atoms with Crippen LogP contribution in [-0.2, 0) is 4.74 Å². The molecule has 2 aromatic carbocycles. The maximum absolute atomic E-state index is 13.3. The van der Waals surface area contributed by atoms with Crippen molar-refractivity contribution in [2.75, 3.05) is 7.11 Å². The third-order valence-corrected chi connectivity index (χ3v) is 4.31. The summed E-state index contributed by atoms with van der Waals surface area (Å²) in [4.78, 5) is 13.1. The molecule has 0 saturated heterocycles. The predicted molar refractivity (Wildman–Crippen MR) is 78.8 cm³/mol. The molecule has 1 aliphatic heterocycles.